The average Bonchev–Trinajstić information content (AvgIpc) is 3.48. The number of nitrogens with zero attached hydrogens (tertiary/aromatic N) is 4. The summed E-state index contributed by atoms with van der Waals surface area (Å²) in [6.07, 6.45) is 5.37. The molecule has 4 rings (SSSR count). The third kappa shape index (κ3) is 4.08. The van der Waals surface area contributed by atoms with E-state index in [0.29, 0.717) is 19.6 Å². The highest BCUT2D eigenvalue weighted by molar-refractivity contribution is 5.82. The van der Waals surface area contributed by atoms with Gasteiger partial charge in [-0.05, 0) is 45.1 Å². The molecule has 1 atom stereocenters. The molecule has 0 spiro atoms. The van der Waals surface area contributed by atoms with Crippen molar-refractivity contribution in [1.29, 1.82) is 0 Å². The maximum absolute atomic E-state index is 12.7. The van der Waals surface area contributed by atoms with Crippen molar-refractivity contribution < 1.29 is 9.59 Å². The van der Waals surface area contributed by atoms with Gasteiger partial charge in [-0.2, -0.15) is 0 Å². The van der Waals surface area contributed by atoms with Gasteiger partial charge in [0.05, 0.1) is 5.92 Å². The fourth-order valence-electron chi connectivity index (χ4n) is 4.54. The molecule has 1 N–H and O–H groups in total. The molecule has 3 aliphatic rings. The number of carbonyl (C=O) groups excluding carboxylic acids is 2. The van der Waals surface area contributed by atoms with Gasteiger partial charge in [-0.15, -0.1) is 0 Å². The van der Waals surface area contributed by atoms with Crippen molar-refractivity contribution in [2.45, 2.75) is 45.6 Å². The Hall–Kier alpha value is -2.31. The Balaban J connectivity index is 1.33. The van der Waals surface area contributed by atoms with Gasteiger partial charge < -0.3 is 20.0 Å². The minimum absolute atomic E-state index is 0.0370. The van der Waals surface area contributed by atoms with Gasteiger partial charge >= 0.3 is 6.03 Å². The molecule has 4 heterocycles. The van der Waals surface area contributed by atoms with E-state index in [0.717, 1.165) is 62.5 Å². The first kappa shape index (κ1) is 19.0. The van der Waals surface area contributed by atoms with E-state index in [9.17, 15) is 9.59 Å². The van der Waals surface area contributed by atoms with Crippen LogP contribution in [0, 0.1) is 12.8 Å². The number of anilines is 1. The van der Waals surface area contributed by atoms with E-state index in [1.807, 2.05) is 17.9 Å². The highest BCUT2D eigenvalue weighted by atomic mass is 16.2. The summed E-state index contributed by atoms with van der Waals surface area (Å²) in [6, 6.07) is 3.99. The smallest absolute Gasteiger partial charge is 0.317 e. The number of amides is 3. The molecule has 3 amide bonds. The predicted octanol–water partition coefficient (Wildman–Crippen LogP) is 2.14. The number of aromatic nitrogens is 1. The third-order valence-corrected chi connectivity index (χ3v) is 6.17. The van der Waals surface area contributed by atoms with E-state index in [-0.39, 0.29) is 17.9 Å². The average molecular weight is 386 g/mol. The second kappa shape index (κ2) is 8.37. The molecule has 152 valence electrons. The molecule has 3 aliphatic heterocycles. The molecule has 1 unspecified atom stereocenters. The number of nitrogens with one attached hydrogen (secondary N) is 1. The lowest BCUT2D eigenvalue weighted by Crippen LogP contribution is -2.40. The summed E-state index contributed by atoms with van der Waals surface area (Å²) in [5.41, 5.74) is 2.06. The first-order chi connectivity index (χ1) is 13.6. The lowest BCUT2D eigenvalue weighted by molar-refractivity contribution is -0.133. The molecule has 1 aromatic heterocycles. The van der Waals surface area contributed by atoms with Crippen LogP contribution >= 0.6 is 0 Å². The van der Waals surface area contributed by atoms with Gasteiger partial charge in [-0.3, -0.25) is 4.79 Å². The molecule has 0 aliphatic carbocycles. The van der Waals surface area contributed by atoms with Crippen LogP contribution in [0.4, 0.5) is 10.6 Å². The monoisotopic (exact) mass is 385 g/mol. The van der Waals surface area contributed by atoms with E-state index >= 15 is 0 Å². The van der Waals surface area contributed by atoms with E-state index in [1.54, 1.807) is 4.90 Å². The summed E-state index contributed by atoms with van der Waals surface area (Å²) in [5, 5.41) is 3.05. The maximum atomic E-state index is 12.7. The molecule has 7 heteroatoms. The summed E-state index contributed by atoms with van der Waals surface area (Å²) in [5.74, 6) is 1.19. The van der Waals surface area contributed by atoms with E-state index in [4.69, 9.17) is 4.98 Å². The molecular weight excluding hydrogens is 354 g/mol. The van der Waals surface area contributed by atoms with Crippen molar-refractivity contribution in [2.75, 3.05) is 44.2 Å². The fraction of sp³-hybridized carbons (Fsp3) is 0.667. The molecule has 3 saturated heterocycles. The zero-order chi connectivity index (χ0) is 19.5. The first-order valence-electron chi connectivity index (χ1n) is 10.6. The summed E-state index contributed by atoms with van der Waals surface area (Å²) < 4.78 is 0. The lowest BCUT2D eigenvalue weighted by atomic mass is 10.1. The molecule has 0 saturated carbocycles. The number of hydrogen-bond acceptors (Lipinski definition) is 4. The van der Waals surface area contributed by atoms with Crippen molar-refractivity contribution in [2.24, 2.45) is 5.92 Å². The summed E-state index contributed by atoms with van der Waals surface area (Å²) >= 11 is 0. The number of urea groups is 1. The quantitative estimate of drug-likeness (QED) is 0.862. The van der Waals surface area contributed by atoms with Gasteiger partial charge in [-0.25, -0.2) is 9.78 Å². The summed E-state index contributed by atoms with van der Waals surface area (Å²) in [7, 11) is 0. The van der Waals surface area contributed by atoms with Gasteiger partial charge in [0.25, 0.3) is 0 Å². The molecular formula is C21H31N5O2. The van der Waals surface area contributed by atoms with Crippen LogP contribution in [0.2, 0.25) is 0 Å². The number of pyridine rings is 1. The van der Waals surface area contributed by atoms with Gasteiger partial charge in [0.2, 0.25) is 5.91 Å². The van der Waals surface area contributed by atoms with Crippen LogP contribution in [-0.4, -0.2) is 66.0 Å². The summed E-state index contributed by atoms with van der Waals surface area (Å²) in [6.45, 7) is 7.48. The van der Waals surface area contributed by atoms with Crippen LogP contribution in [0.15, 0.2) is 12.1 Å². The van der Waals surface area contributed by atoms with Crippen LogP contribution in [0.3, 0.4) is 0 Å². The van der Waals surface area contributed by atoms with Crippen molar-refractivity contribution in [3.05, 3.63) is 23.4 Å². The largest absolute Gasteiger partial charge is 0.356 e. The first-order valence-corrected chi connectivity index (χ1v) is 10.6. The normalized spacial score (nSPS) is 22.2. The van der Waals surface area contributed by atoms with Crippen LogP contribution < -0.4 is 10.2 Å². The van der Waals surface area contributed by atoms with Crippen molar-refractivity contribution in [3.63, 3.8) is 0 Å². The molecule has 28 heavy (non-hydrogen) atoms. The Morgan fingerprint density at radius 3 is 2.50 bits per heavy atom. The molecule has 7 nitrogen and oxygen atoms in total. The van der Waals surface area contributed by atoms with E-state index < -0.39 is 0 Å². The van der Waals surface area contributed by atoms with Gasteiger partial charge in [0.15, 0.2) is 0 Å². The van der Waals surface area contributed by atoms with Gasteiger partial charge in [0, 0.05) is 57.1 Å². The van der Waals surface area contributed by atoms with Crippen molar-refractivity contribution in [1.82, 2.24) is 20.1 Å². The fourth-order valence-corrected chi connectivity index (χ4v) is 4.54. The maximum Gasteiger partial charge on any atom is 0.317 e. The molecule has 1 aromatic rings. The Bertz CT molecular complexity index is 726. The van der Waals surface area contributed by atoms with Crippen LogP contribution in [0.25, 0.3) is 0 Å². The number of hydrogen-bond donors (Lipinski definition) is 1. The molecule has 0 bridgehead atoms. The van der Waals surface area contributed by atoms with Crippen LogP contribution in [0.5, 0.6) is 0 Å². The lowest BCUT2D eigenvalue weighted by Gasteiger charge is -2.22. The second-order valence-electron chi connectivity index (χ2n) is 8.25. The number of aryl methyl sites for hydroxylation is 1. The van der Waals surface area contributed by atoms with Gasteiger partial charge in [0.1, 0.15) is 5.82 Å². The predicted molar refractivity (Wildman–Crippen MR) is 108 cm³/mol. The zero-order valence-electron chi connectivity index (χ0n) is 16.8. The standard InChI is InChI=1S/C21H31N5O2/c1-16-6-7-17(19(23-16)24-9-2-3-10-24)14-22-21(28)26-13-8-18(15-26)20(27)25-11-4-5-12-25/h6-7,18H,2-5,8-15H2,1H3,(H,22,28). The molecule has 0 radical (unpaired) electrons. The Labute approximate surface area is 167 Å². The minimum atomic E-state index is -0.0790. The number of carbonyl (C=O) groups is 2. The van der Waals surface area contributed by atoms with Crippen molar-refractivity contribution >= 4 is 17.8 Å². The Kier molecular flexibility index (Phi) is 5.69. The van der Waals surface area contributed by atoms with E-state index in [1.165, 1.54) is 12.8 Å². The highest BCUT2D eigenvalue weighted by Gasteiger charge is 2.34. The highest BCUT2D eigenvalue weighted by Crippen LogP contribution is 2.24. The number of rotatable bonds is 4. The third-order valence-electron chi connectivity index (χ3n) is 6.17. The molecule has 0 aromatic carbocycles. The van der Waals surface area contributed by atoms with E-state index in [2.05, 4.69) is 16.3 Å². The molecule has 3 fully saturated rings. The summed E-state index contributed by atoms with van der Waals surface area (Å²) in [4.78, 5) is 36.0. The number of likely N-dealkylation sites (tertiary alicyclic amines) is 2. The zero-order valence-corrected chi connectivity index (χ0v) is 16.8. The van der Waals surface area contributed by atoms with Crippen LogP contribution in [0.1, 0.15) is 43.4 Å². The minimum Gasteiger partial charge on any atom is -0.356 e. The Morgan fingerprint density at radius 1 is 1.04 bits per heavy atom. The van der Waals surface area contributed by atoms with Crippen molar-refractivity contribution in [3.8, 4) is 0 Å². The SMILES string of the molecule is Cc1ccc(CNC(=O)N2CCC(C(=O)N3CCCC3)C2)c(N2CCCC2)n1. The second-order valence-corrected chi connectivity index (χ2v) is 8.25. The topological polar surface area (TPSA) is 68.8 Å². The Morgan fingerprint density at radius 2 is 1.75 bits per heavy atom. The van der Waals surface area contributed by atoms with Gasteiger partial charge in [-0.1, -0.05) is 6.07 Å². The van der Waals surface area contributed by atoms with Crippen LogP contribution in [-0.2, 0) is 11.3 Å².